The molecule has 0 amide bonds. The van der Waals surface area contributed by atoms with Gasteiger partial charge in [-0.2, -0.15) is 5.26 Å². The van der Waals surface area contributed by atoms with Crippen LogP contribution in [-0.2, 0) is 0 Å². The third-order valence-corrected chi connectivity index (χ3v) is 6.25. The smallest absolute Gasteiger partial charge is 0.139 e. The van der Waals surface area contributed by atoms with Crippen molar-refractivity contribution in [1.29, 1.82) is 5.26 Å². The van der Waals surface area contributed by atoms with E-state index in [2.05, 4.69) is 28.2 Å². The number of fused-ring (bicyclic) bond motifs is 1. The Hall–Kier alpha value is -3.42. The van der Waals surface area contributed by atoms with Crippen LogP contribution >= 0.6 is 34.5 Å². The molecule has 4 rings (SSSR count). The lowest BCUT2D eigenvalue weighted by molar-refractivity contribution is 0.415. The van der Waals surface area contributed by atoms with Gasteiger partial charge < -0.3 is 14.8 Å². The molecule has 0 aliphatic carbocycles. The van der Waals surface area contributed by atoms with E-state index in [-0.39, 0.29) is 0 Å². The van der Waals surface area contributed by atoms with Crippen LogP contribution in [0.5, 0.6) is 11.5 Å². The van der Waals surface area contributed by atoms with E-state index in [9.17, 15) is 5.26 Å². The van der Waals surface area contributed by atoms with Gasteiger partial charge in [0.1, 0.15) is 17.6 Å². The van der Waals surface area contributed by atoms with E-state index in [4.69, 9.17) is 32.7 Å². The number of anilines is 2. The van der Waals surface area contributed by atoms with E-state index in [1.165, 1.54) is 24.6 Å². The SMILES string of the molecule is COc1ccc(C#Cc2cc3ncc(C#N)c(Nc4cc(OC)c(Cl)cc4Cl)c3s2)cc1. The maximum Gasteiger partial charge on any atom is 0.139 e. The Labute approximate surface area is 199 Å². The molecule has 0 aliphatic rings. The first kappa shape index (κ1) is 21.8. The number of halogens is 2. The van der Waals surface area contributed by atoms with Crippen molar-refractivity contribution in [2.24, 2.45) is 0 Å². The Morgan fingerprint density at radius 2 is 1.78 bits per heavy atom. The first-order valence-electron chi connectivity index (χ1n) is 9.31. The zero-order valence-corrected chi connectivity index (χ0v) is 19.3. The van der Waals surface area contributed by atoms with Crippen molar-refractivity contribution in [1.82, 2.24) is 4.98 Å². The number of aromatic nitrogens is 1. The molecule has 0 atom stereocenters. The first-order chi connectivity index (χ1) is 15.5. The van der Waals surface area contributed by atoms with Crippen LogP contribution in [0.3, 0.4) is 0 Å². The van der Waals surface area contributed by atoms with E-state index in [1.807, 2.05) is 30.3 Å². The van der Waals surface area contributed by atoms with E-state index in [0.717, 1.165) is 26.4 Å². The summed E-state index contributed by atoms with van der Waals surface area (Å²) >= 11 is 14.0. The van der Waals surface area contributed by atoms with Crippen molar-refractivity contribution in [3.05, 3.63) is 74.7 Å². The number of nitriles is 1. The molecule has 0 aliphatic heterocycles. The number of pyridine rings is 1. The molecular formula is C24H15Cl2N3O2S. The number of nitrogens with zero attached hydrogens (tertiary/aromatic N) is 2. The van der Waals surface area contributed by atoms with Gasteiger partial charge in [-0.25, -0.2) is 0 Å². The summed E-state index contributed by atoms with van der Waals surface area (Å²) in [4.78, 5) is 5.23. The van der Waals surface area contributed by atoms with Gasteiger partial charge in [0.25, 0.3) is 0 Å². The van der Waals surface area contributed by atoms with Gasteiger partial charge in [-0.1, -0.05) is 35.0 Å². The predicted octanol–water partition coefficient (Wildman–Crippen LogP) is 6.64. The van der Waals surface area contributed by atoms with Crippen LogP contribution < -0.4 is 14.8 Å². The summed E-state index contributed by atoms with van der Waals surface area (Å²) in [5.41, 5.74) is 3.15. The van der Waals surface area contributed by atoms with Crippen LogP contribution in [0.15, 0.2) is 48.7 Å². The van der Waals surface area contributed by atoms with Crippen molar-refractivity contribution in [3.8, 4) is 29.4 Å². The third kappa shape index (κ3) is 4.44. The average molecular weight is 480 g/mol. The molecular weight excluding hydrogens is 465 g/mol. The molecule has 0 unspecified atom stereocenters. The number of thiophene rings is 1. The van der Waals surface area contributed by atoms with Crippen molar-refractivity contribution >= 4 is 56.1 Å². The normalized spacial score (nSPS) is 10.2. The fourth-order valence-electron chi connectivity index (χ4n) is 2.97. The molecule has 5 nitrogen and oxygen atoms in total. The number of hydrogen-bond acceptors (Lipinski definition) is 6. The minimum absolute atomic E-state index is 0.388. The fourth-order valence-corrected chi connectivity index (χ4v) is 4.45. The first-order valence-corrected chi connectivity index (χ1v) is 10.9. The zero-order valence-electron chi connectivity index (χ0n) is 17.0. The lowest BCUT2D eigenvalue weighted by Crippen LogP contribution is -1.97. The summed E-state index contributed by atoms with van der Waals surface area (Å²) in [5, 5.41) is 13.7. The van der Waals surface area contributed by atoms with E-state index in [1.54, 1.807) is 19.2 Å². The van der Waals surface area contributed by atoms with Crippen LogP contribution in [0.4, 0.5) is 11.4 Å². The molecule has 0 saturated heterocycles. The van der Waals surface area contributed by atoms with Gasteiger partial charge in [-0.05, 0) is 36.4 Å². The highest BCUT2D eigenvalue weighted by Crippen LogP contribution is 2.39. The van der Waals surface area contributed by atoms with Crippen LogP contribution in [-0.4, -0.2) is 19.2 Å². The largest absolute Gasteiger partial charge is 0.497 e. The van der Waals surface area contributed by atoms with E-state index < -0.39 is 0 Å². The molecule has 0 spiro atoms. The Balaban J connectivity index is 1.74. The molecule has 0 radical (unpaired) electrons. The Morgan fingerprint density at radius 3 is 2.47 bits per heavy atom. The monoisotopic (exact) mass is 479 g/mol. The summed E-state index contributed by atoms with van der Waals surface area (Å²) in [7, 11) is 3.15. The average Bonchev–Trinajstić information content (AvgIpc) is 3.23. The second-order valence-corrected chi connectivity index (χ2v) is 8.42. The minimum Gasteiger partial charge on any atom is -0.497 e. The quantitative estimate of drug-likeness (QED) is 0.332. The number of benzene rings is 2. The zero-order chi connectivity index (χ0) is 22.7. The van der Waals surface area contributed by atoms with Crippen molar-refractivity contribution in [3.63, 3.8) is 0 Å². The second-order valence-electron chi connectivity index (χ2n) is 6.55. The van der Waals surface area contributed by atoms with Gasteiger partial charge in [-0.3, -0.25) is 4.98 Å². The summed E-state index contributed by atoms with van der Waals surface area (Å²) in [5.74, 6) is 7.56. The van der Waals surface area contributed by atoms with Crippen LogP contribution in [0.1, 0.15) is 16.0 Å². The van der Waals surface area contributed by atoms with Crippen LogP contribution in [0.25, 0.3) is 10.2 Å². The molecule has 2 heterocycles. The van der Waals surface area contributed by atoms with Gasteiger partial charge in [0.2, 0.25) is 0 Å². The molecule has 2 aromatic carbocycles. The number of methoxy groups -OCH3 is 2. The van der Waals surface area contributed by atoms with Crippen molar-refractivity contribution < 1.29 is 9.47 Å². The molecule has 0 saturated carbocycles. The third-order valence-electron chi connectivity index (χ3n) is 4.58. The van der Waals surface area contributed by atoms with Gasteiger partial charge in [0, 0.05) is 17.8 Å². The van der Waals surface area contributed by atoms with Gasteiger partial charge in [0.15, 0.2) is 0 Å². The fraction of sp³-hybridized carbons (Fsp3) is 0.0833. The van der Waals surface area contributed by atoms with Crippen LogP contribution in [0.2, 0.25) is 10.0 Å². The lowest BCUT2D eigenvalue weighted by Gasteiger charge is -2.13. The standard InChI is InChI=1S/C24H15Cl2N3O2S/c1-30-16-6-3-14(4-7-16)5-8-17-9-21-24(32-17)23(15(12-27)13-28-21)29-20-11-22(31-2)19(26)10-18(20)25/h3-4,6-7,9-11,13H,1-2H3,(H,28,29). The Morgan fingerprint density at radius 1 is 1.00 bits per heavy atom. The Bertz CT molecular complexity index is 1410. The lowest BCUT2D eigenvalue weighted by atomic mass is 10.2. The summed E-state index contributed by atoms with van der Waals surface area (Å²) in [6, 6.07) is 14.9. The van der Waals surface area contributed by atoms with Crippen molar-refractivity contribution in [2.75, 3.05) is 19.5 Å². The van der Waals surface area contributed by atoms with Gasteiger partial charge >= 0.3 is 0 Å². The predicted molar refractivity (Wildman–Crippen MR) is 130 cm³/mol. The molecule has 0 bridgehead atoms. The number of nitrogens with one attached hydrogen (secondary N) is 1. The molecule has 4 aromatic rings. The number of rotatable bonds is 4. The molecule has 158 valence electrons. The van der Waals surface area contributed by atoms with Crippen LogP contribution in [0, 0.1) is 23.2 Å². The maximum atomic E-state index is 9.63. The minimum atomic E-state index is 0.388. The van der Waals surface area contributed by atoms with Crippen molar-refractivity contribution in [2.45, 2.75) is 0 Å². The highest BCUT2D eigenvalue weighted by atomic mass is 35.5. The number of ether oxygens (including phenoxy) is 2. The highest BCUT2D eigenvalue weighted by Gasteiger charge is 2.15. The molecule has 1 N–H and O–H groups in total. The topological polar surface area (TPSA) is 67.2 Å². The molecule has 0 fully saturated rings. The summed E-state index contributed by atoms with van der Waals surface area (Å²) in [6.45, 7) is 0. The summed E-state index contributed by atoms with van der Waals surface area (Å²) < 4.78 is 11.3. The van der Waals surface area contributed by atoms with E-state index in [0.29, 0.717) is 32.7 Å². The molecule has 2 aromatic heterocycles. The summed E-state index contributed by atoms with van der Waals surface area (Å²) in [6.07, 6.45) is 1.53. The van der Waals surface area contributed by atoms with E-state index >= 15 is 0 Å². The highest BCUT2D eigenvalue weighted by molar-refractivity contribution is 7.20. The van der Waals surface area contributed by atoms with Gasteiger partial charge in [-0.15, -0.1) is 11.3 Å². The van der Waals surface area contributed by atoms with Gasteiger partial charge in [0.05, 0.1) is 56.3 Å². The molecule has 8 heteroatoms. The molecule has 32 heavy (non-hydrogen) atoms. The maximum absolute atomic E-state index is 9.63. The number of hydrogen-bond donors (Lipinski definition) is 1. The second kappa shape index (κ2) is 9.38. The Kier molecular flexibility index (Phi) is 6.39.